The first kappa shape index (κ1) is 14.9. The van der Waals surface area contributed by atoms with Gasteiger partial charge in [0.05, 0.1) is 6.61 Å². The van der Waals surface area contributed by atoms with Crippen molar-refractivity contribution in [3.63, 3.8) is 0 Å². The van der Waals surface area contributed by atoms with Crippen LogP contribution in [-0.4, -0.2) is 31.0 Å². The molecule has 1 aromatic carbocycles. The summed E-state index contributed by atoms with van der Waals surface area (Å²) >= 11 is 5.88. The first-order valence-electron chi connectivity index (χ1n) is 7.19. The van der Waals surface area contributed by atoms with E-state index in [0.29, 0.717) is 10.9 Å². The van der Waals surface area contributed by atoms with Crippen LogP contribution in [-0.2, 0) is 19.1 Å². The van der Waals surface area contributed by atoms with Gasteiger partial charge in [0, 0.05) is 17.0 Å². The van der Waals surface area contributed by atoms with Gasteiger partial charge in [-0.15, -0.1) is 0 Å². The molecule has 1 aliphatic heterocycles. The van der Waals surface area contributed by atoms with Gasteiger partial charge in [-0.05, 0) is 31.0 Å². The quantitative estimate of drug-likeness (QED) is 0.665. The van der Waals surface area contributed by atoms with Gasteiger partial charge in [0.25, 0.3) is 0 Å². The Morgan fingerprint density at radius 2 is 2.14 bits per heavy atom. The van der Waals surface area contributed by atoms with E-state index in [-0.39, 0.29) is 36.5 Å². The highest BCUT2D eigenvalue weighted by Crippen LogP contribution is 2.42. The van der Waals surface area contributed by atoms with E-state index in [2.05, 4.69) is 5.32 Å². The third-order valence-electron chi connectivity index (χ3n) is 3.74. The Balaban J connectivity index is 1.69. The van der Waals surface area contributed by atoms with Crippen molar-refractivity contribution in [2.24, 2.45) is 0 Å². The number of rotatable bonds is 5. The first-order chi connectivity index (χ1) is 10.6. The van der Waals surface area contributed by atoms with Crippen molar-refractivity contribution in [2.75, 3.05) is 13.2 Å². The predicted molar refractivity (Wildman–Crippen MR) is 80.4 cm³/mol. The molecule has 0 amide bonds. The molecule has 1 fully saturated rings. The summed E-state index contributed by atoms with van der Waals surface area (Å²) < 4.78 is 10.2. The largest absolute Gasteiger partial charge is 0.470 e. The van der Waals surface area contributed by atoms with E-state index in [1.165, 1.54) is 5.56 Å². The summed E-state index contributed by atoms with van der Waals surface area (Å²) in [6.07, 6.45) is 0.915. The highest BCUT2D eigenvalue weighted by Gasteiger charge is 2.42. The number of esters is 1. The van der Waals surface area contributed by atoms with Crippen LogP contribution >= 0.6 is 11.6 Å². The molecule has 0 aromatic heterocycles. The molecule has 0 spiro atoms. The van der Waals surface area contributed by atoms with E-state index in [9.17, 15) is 9.59 Å². The zero-order valence-corrected chi connectivity index (χ0v) is 12.9. The lowest BCUT2D eigenvalue weighted by Crippen LogP contribution is -2.22. The van der Waals surface area contributed by atoms with E-state index in [4.69, 9.17) is 21.1 Å². The molecular weight excluding hydrogens is 306 g/mol. The van der Waals surface area contributed by atoms with Crippen LogP contribution in [0.5, 0.6) is 0 Å². The number of carbonyl (C=O) groups is 2. The molecule has 1 aliphatic carbocycles. The smallest absolute Gasteiger partial charge is 0.347 e. The third-order valence-corrected chi connectivity index (χ3v) is 3.99. The number of ketones is 1. The van der Waals surface area contributed by atoms with Gasteiger partial charge >= 0.3 is 5.97 Å². The Labute approximate surface area is 133 Å². The molecule has 5 nitrogen and oxygen atoms in total. The zero-order valence-electron chi connectivity index (χ0n) is 12.1. The molecule has 1 unspecified atom stereocenters. The van der Waals surface area contributed by atoms with E-state index in [1.54, 1.807) is 6.92 Å². The van der Waals surface area contributed by atoms with Gasteiger partial charge in [0.2, 0.25) is 11.7 Å². The average Bonchev–Trinajstić information content (AvgIpc) is 3.15. The molecule has 2 aliphatic rings. The second kappa shape index (κ2) is 6.01. The summed E-state index contributed by atoms with van der Waals surface area (Å²) in [5.41, 5.74) is 1.16. The molecule has 6 heteroatoms. The fraction of sp³-hybridized carbons (Fsp3) is 0.375. The van der Waals surface area contributed by atoms with Crippen LogP contribution in [0.15, 0.2) is 35.7 Å². The number of benzene rings is 1. The highest BCUT2D eigenvalue weighted by molar-refractivity contribution is 6.30. The second-order valence-electron chi connectivity index (χ2n) is 5.28. The number of carbonyl (C=O) groups excluding carboxylic acids is 2. The van der Waals surface area contributed by atoms with Crippen molar-refractivity contribution in [1.29, 1.82) is 0 Å². The van der Waals surface area contributed by atoms with Crippen molar-refractivity contribution in [3.8, 4) is 0 Å². The molecule has 1 aromatic rings. The molecule has 0 bridgehead atoms. The van der Waals surface area contributed by atoms with Gasteiger partial charge < -0.3 is 14.8 Å². The van der Waals surface area contributed by atoms with Gasteiger partial charge in [-0.25, -0.2) is 4.79 Å². The minimum atomic E-state index is -0.629. The maximum atomic E-state index is 11.8. The van der Waals surface area contributed by atoms with Gasteiger partial charge in [-0.3, -0.25) is 4.79 Å². The molecule has 1 saturated carbocycles. The number of hydrogen-bond donors (Lipinski definition) is 1. The third kappa shape index (κ3) is 2.95. The number of nitrogens with one attached hydrogen (secondary N) is 1. The van der Waals surface area contributed by atoms with Crippen molar-refractivity contribution in [3.05, 3.63) is 46.3 Å². The zero-order chi connectivity index (χ0) is 15.7. The molecule has 3 rings (SSSR count). The van der Waals surface area contributed by atoms with E-state index < -0.39 is 5.97 Å². The van der Waals surface area contributed by atoms with Crippen LogP contribution in [0.4, 0.5) is 0 Å². The van der Waals surface area contributed by atoms with Crippen LogP contribution in [0.1, 0.15) is 24.8 Å². The minimum Gasteiger partial charge on any atom is -0.470 e. The van der Waals surface area contributed by atoms with Crippen LogP contribution in [0, 0.1) is 0 Å². The van der Waals surface area contributed by atoms with E-state index >= 15 is 0 Å². The molecular formula is C16H16ClNO4. The number of hydrogen-bond acceptors (Lipinski definition) is 5. The Bertz CT molecular complexity index is 638. The Hall–Kier alpha value is -2.01. The highest BCUT2D eigenvalue weighted by atomic mass is 35.5. The van der Waals surface area contributed by atoms with Crippen LogP contribution in [0.3, 0.4) is 0 Å². The van der Waals surface area contributed by atoms with Crippen molar-refractivity contribution in [2.45, 2.75) is 25.3 Å². The number of halogens is 1. The monoisotopic (exact) mass is 321 g/mol. The fourth-order valence-corrected chi connectivity index (χ4v) is 2.66. The molecule has 1 heterocycles. The van der Waals surface area contributed by atoms with Gasteiger partial charge in [-0.2, -0.15) is 0 Å². The summed E-state index contributed by atoms with van der Waals surface area (Å²) in [6, 6.07) is 7.81. The minimum absolute atomic E-state index is 0.0105. The van der Waals surface area contributed by atoms with Crippen LogP contribution in [0.25, 0.3) is 0 Å². The summed E-state index contributed by atoms with van der Waals surface area (Å²) in [5, 5.41) is 3.84. The molecule has 1 N–H and O–H groups in total. The lowest BCUT2D eigenvalue weighted by Gasteiger charge is -2.08. The maximum Gasteiger partial charge on any atom is 0.347 e. The molecule has 0 radical (unpaired) electrons. The van der Waals surface area contributed by atoms with Gasteiger partial charge in [-0.1, -0.05) is 23.7 Å². The normalized spacial score (nSPS) is 23.3. The molecule has 22 heavy (non-hydrogen) atoms. The lowest BCUT2D eigenvalue weighted by atomic mass is 10.1. The van der Waals surface area contributed by atoms with Gasteiger partial charge in [0.1, 0.15) is 0 Å². The van der Waals surface area contributed by atoms with E-state index in [1.807, 2.05) is 24.3 Å². The van der Waals surface area contributed by atoms with Gasteiger partial charge in [0.15, 0.2) is 12.2 Å². The Morgan fingerprint density at radius 3 is 2.82 bits per heavy atom. The standard InChI is InChI=1S/C16H16ClNO4/c1-2-21-16(20)14-13(19)8-22-15(14)18-12-7-11(12)9-3-5-10(17)6-4-9/h3-6,11-12,18H,2,7-8H2,1H3/t11-,12?/m1/s1. The maximum absolute atomic E-state index is 11.8. The Morgan fingerprint density at radius 1 is 1.41 bits per heavy atom. The molecule has 2 atom stereocenters. The fourth-order valence-electron chi connectivity index (χ4n) is 2.53. The van der Waals surface area contributed by atoms with Crippen molar-refractivity contribution < 1.29 is 19.1 Å². The topological polar surface area (TPSA) is 64.6 Å². The Kier molecular flexibility index (Phi) is 4.07. The van der Waals surface area contributed by atoms with Crippen LogP contribution in [0.2, 0.25) is 5.02 Å². The predicted octanol–water partition coefficient (Wildman–Crippen LogP) is 2.16. The average molecular weight is 322 g/mol. The first-order valence-corrected chi connectivity index (χ1v) is 7.57. The SMILES string of the molecule is CCOC(=O)C1=C(NC2C[C@@H]2c2ccc(Cl)cc2)OCC1=O. The summed E-state index contributed by atoms with van der Waals surface area (Å²) in [6.45, 7) is 1.80. The lowest BCUT2D eigenvalue weighted by molar-refractivity contribution is -0.139. The second-order valence-corrected chi connectivity index (χ2v) is 5.72. The van der Waals surface area contributed by atoms with E-state index in [0.717, 1.165) is 6.42 Å². The molecule has 116 valence electrons. The molecule has 0 saturated heterocycles. The van der Waals surface area contributed by atoms with Crippen molar-refractivity contribution in [1.82, 2.24) is 5.32 Å². The number of ether oxygens (including phenoxy) is 2. The summed E-state index contributed by atoms with van der Waals surface area (Å²) in [5.74, 6) is -0.404. The summed E-state index contributed by atoms with van der Waals surface area (Å²) in [7, 11) is 0. The van der Waals surface area contributed by atoms with Crippen molar-refractivity contribution >= 4 is 23.4 Å². The number of Topliss-reactive ketones (excluding diaryl/α,β-unsaturated/α-hetero) is 1. The summed E-state index contributed by atoms with van der Waals surface area (Å²) in [4.78, 5) is 23.6. The van der Waals surface area contributed by atoms with Crippen LogP contribution < -0.4 is 5.32 Å².